The molecule has 3 aromatic carbocycles. The van der Waals surface area contributed by atoms with Crippen LogP contribution in [0.3, 0.4) is 0 Å². The van der Waals surface area contributed by atoms with E-state index in [1.54, 1.807) is 37.3 Å². The van der Waals surface area contributed by atoms with Gasteiger partial charge in [0.2, 0.25) is 5.78 Å². The van der Waals surface area contributed by atoms with Gasteiger partial charge in [-0.1, -0.05) is 47.5 Å². The van der Waals surface area contributed by atoms with E-state index in [1.807, 2.05) is 50.2 Å². The fraction of sp³-hybridized carbons (Fsp3) is 0.120. The maximum atomic E-state index is 12.8. The molecule has 0 spiro atoms. The van der Waals surface area contributed by atoms with Gasteiger partial charge >= 0.3 is 5.97 Å². The first-order chi connectivity index (χ1) is 13.9. The molecule has 0 unspecified atom stereocenters. The zero-order valence-electron chi connectivity index (χ0n) is 16.5. The van der Waals surface area contributed by atoms with Crippen LogP contribution in [-0.4, -0.2) is 11.8 Å². The summed E-state index contributed by atoms with van der Waals surface area (Å²) in [7, 11) is 0. The fourth-order valence-electron chi connectivity index (χ4n) is 3.39. The average molecular weight is 384 g/mol. The third kappa shape index (κ3) is 3.83. The number of benzene rings is 3. The number of ketones is 1. The van der Waals surface area contributed by atoms with Crippen molar-refractivity contribution in [2.75, 3.05) is 0 Å². The lowest BCUT2D eigenvalue weighted by molar-refractivity contribution is 0.0734. The third-order valence-corrected chi connectivity index (χ3v) is 4.75. The lowest BCUT2D eigenvalue weighted by Gasteiger charge is -2.08. The number of carbonyl (C=O) groups is 2. The number of hydrogen-bond donors (Lipinski definition) is 0. The third-order valence-electron chi connectivity index (χ3n) is 4.75. The Morgan fingerprint density at radius 3 is 2.38 bits per heavy atom. The maximum Gasteiger partial charge on any atom is 0.343 e. The number of hydrogen-bond acceptors (Lipinski definition) is 4. The summed E-state index contributed by atoms with van der Waals surface area (Å²) in [5.41, 5.74) is 4.64. The molecule has 29 heavy (non-hydrogen) atoms. The molecular weight excluding hydrogens is 364 g/mol. The fourth-order valence-corrected chi connectivity index (χ4v) is 3.39. The summed E-state index contributed by atoms with van der Waals surface area (Å²) in [6.07, 6.45) is 1.73. The van der Waals surface area contributed by atoms with Crippen molar-refractivity contribution in [2.45, 2.75) is 20.8 Å². The zero-order valence-corrected chi connectivity index (χ0v) is 16.5. The first-order valence-corrected chi connectivity index (χ1v) is 9.35. The molecule has 144 valence electrons. The van der Waals surface area contributed by atoms with Gasteiger partial charge < -0.3 is 9.47 Å². The molecule has 0 atom stereocenters. The number of esters is 1. The van der Waals surface area contributed by atoms with E-state index in [0.717, 1.165) is 16.7 Å². The van der Waals surface area contributed by atoms with Crippen LogP contribution in [0.1, 0.15) is 43.0 Å². The summed E-state index contributed by atoms with van der Waals surface area (Å²) < 4.78 is 11.3. The lowest BCUT2D eigenvalue weighted by Crippen LogP contribution is -2.09. The van der Waals surface area contributed by atoms with Crippen LogP contribution in [0.15, 0.2) is 66.4 Å². The Balaban J connectivity index is 1.61. The Morgan fingerprint density at radius 2 is 1.66 bits per heavy atom. The van der Waals surface area contributed by atoms with Gasteiger partial charge in [0.05, 0.1) is 11.1 Å². The number of rotatable bonds is 3. The first-order valence-electron chi connectivity index (χ1n) is 9.35. The van der Waals surface area contributed by atoms with Gasteiger partial charge in [0.15, 0.2) is 5.76 Å². The minimum Gasteiger partial charge on any atom is -0.452 e. The van der Waals surface area contributed by atoms with E-state index in [9.17, 15) is 9.59 Å². The van der Waals surface area contributed by atoms with Crippen LogP contribution in [-0.2, 0) is 0 Å². The number of ether oxygens (including phenoxy) is 2. The second-order valence-corrected chi connectivity index (χ2v) is 7.23. The molecule has 1 aliphatic heterocycles. The summed E-state index contributed by atoms with van der Waals surface area (Å²) in [5, 5.41) is 0. The summed E-state index contributed by atoms with van der Waals surface area (Å²) in [6, 6.07) is 18.3. The Morgan fingerprint density at radius 1 is 0.931 bits per heavy atom. The number of allylic oxidation sites excluding steroid dienone is 1. The van der Waals surface area contributed by atoms with E-state index in [-0.39, 0.29) is 11.5 Å². The Hall–Kier alpha value is -3.66. The molecule has 4 rings (SSSR count). The van der Waals surface area contributed by atoms with Crippen LogP contribution in [0.25, 0.3) is 6.08 Å². The normalized spacial score (nSPS) is 13.9. The largest absolute Gasteiger partial charge is 0.452 e. The highest BCUT2D eigenvalue weighted by molar-refractivity contribution is 6.15. The minimum atomic E-state index is -0.451. The smallest absolute Gasteiger partial charge is 0.343 e. The van der Waals surface area contributed by atoms with Crippen molar-refractivity contribution in [3.8, 4) is 11.5 Å². The molecule has 1 heterocycles. The lowest BCUT2D eigenvalue weighted by atomic mass is 10.0. The quantitative estimate of drug-likeness (QED) is 0.342. The topological polar surface area (TPSA) is 52.6 Å². The molecule has 0 aromatic heterocycles. The summed E-state index contributed by atoms with van der Waals surface area (Å²) in [5.74, 6) is 0.387. The summed E-state index contributed by atoms with van der Waals surface area (Å²) in [4.78, 5) is 25.2. The van der Waals surface area contributed by atoms with Gasteiger partial charge in [-0.2, -0.15) is 0 Å². The van der Waals surface area contributed by atoms with Crippen molar-refractivity contribution in [1.29, 1.82) is 0 Å². The Kier molecular flexibility index (Phi) is 4.77. The predicted octanol–water partition coefficient (Wildman–Crippen LogP) is 5.45. The number of Topliss-reactive ketones (excluding diaryl/α,β-unsaturated/α-hetero) is 1. The minimum absolute atomic E-state index is 0.171. The van der Waals surface area contributed by atoms with Crippen molar-refractivity contribution in [1.82, 2.24) is 0 Å². The van der Waals surface area contributed by atoms with Crippen LogP contribution in [0.5, 0.6) is 11.5 Å². The monoisotopic (exact) mass is 384 g/mol. The highest BCUT2D eigenvalue weighted by atomic mass is 16.5. The molecule has 0 saturated carbocycles. The van der Waals surface area contributed by atoms with E-state index < -0.39 is 5.97 Å². The molecule has 0 bridgehead atoms. The molecule has 1 aliphatic rings. The predicted molar refractivity (Wildman–Crippen MR) is 111 cm³/mol. The highest BCUT2D eigenvalue weighted by Crippen LogP contribution is 2.37. The van der Waals surface area contributed by atoms with Crippen molar-refractivity contribution < 1.29 is 19.1 Å². The van der Waals surface area contributed by atoms with Crippen LogP contribution in [0, 0.1) is 20.8 Å². The Bertz CT molecular complexity index is 1170. The molecule has 0 N–H and O–H groups in total. The van der Waals surface area contributed by atoms with Gasteiger partial charge in [-0.3, -0.25) is 4.79 Å². The molecule has 0 aliphatic carbocycles. The van der Waals surface area contributed by atoms with Crippen LogP contribution in [0.2, 0.25) is 0 Å². The SMILES string of the molecule is Cc1cccc(/C=C2\Oc3cc(OC(=O)c4cccc(C)c4)cc(C)c3C2=O)c1. The van der Waals surface area contributed by atoms with Gasteiger partial charge in [-0.25, -0.2) is 4.79 Å². The van der Waals surface area contributed by atoms with E-state index in [2.05, 4.69) is 0 Å². The number of carbonyl (C=O) groups excluding carboxylic acids is 2. The molecular formula is C25H20O4. The second-order valence-electron chi connectivity index (χ2n) is 7.23. The molecule has 3 aromatic rings. The first kappa shape index (κ1) is 18.7. The molecule has 0 saturated heterocycles. The number of fused-ring (bicyclic) bond motifs is 1. The second kappa shape index (κ2) is 7.40. The van der Waals surface area contributed by atoms with Crippen molar-refractivity contribution in [2.24, 2.45) is 0 Å². The number of aryl methyl sites for hydroxylation is 3. The van der Waals surface area contributed by atoms with Gasteiger partial charge in [0.1, 0.15) is 11.5 Å². The summed E-state index contributed by atoms with van der Waals surface area (Å²) in [6.45, 7) is 5.71. The van der Waals surface area contributed by atoms with Crippen LogP contribution < -0.4 is 9.47 Å². The summed E-state index contributed by atoms with van der Waals surface area (Å²) >= 11 is 0. The van der Waals surface area contributed by atoms with Crippen molar-refractivity contribution >= 4 is 17.8 Å². The molecule has 4 heteroatoms. The van der Waals surface area contributed by atoms with Gasteiger partial charge in [-0.05, 0) is 56.2 Å². The van der Waals surface area contributed by atoms with Gasteiger partial charge in [-0.15, -0.1) is 0 Å². The molecule has 0 fully saturated rings. The highest BCUT2D eigenvalue weighted by Gasteiger charge is 2.30. The van der Waals surface area contributed by atoms with Crippen LogP contribution >= 0.6 is 0 Å². The van der Waals surface area contributed by atoms with Crippen LogP contribution in [0.4, 0.5) is 0 Å². The maximum absolute atomic E-state index is 12.8. The molecule has 0 radical (unpaired) electrons. The Labute approximate surface area is 169 Å². The van der Waals surface area contributed by atoms with Crippen molar-refractivity contribution in [3.63, 3.8) is 0 Å². The van der Waals surface area contributed by atoms with E-state index in [0.29, 0.717) is 28.2 Å². The van der Waals surface area contributed by atoms with E-state index in [4.69, 9.17) is 9.47 Å². The molecule has 0 amide bonds. The van der Waals surface area contributed by atoms with E-state index >= 15 is 0 Å². The standard InChI is InChI=1S/C25H20O4/c1-15-6-4-8-18(10-15)13-22-24(26)23-17(3)12-20(14-21(23)29-22)28-25(27)19-9-5-7-16(2)11-19/h4-14H,1-3H3/b22-13-. The van der Waals surface area contributed by atoms with E-state index in [1.165, 1.54) is 0 Å². The van der Waals surface area contributed by atoms with Gasteiger partial charge in [0.25, 0.3) is 0 Å². The van der Waals surface area contributed by atoms with Gasteiger partial charge in [0, 0.05) is 6.07 Å². The average Bonchev–Trinajstić information content (AvgIpc) is 2.97. The van der Waals surface area contributed by atoms with Crippen molar-refractivity contribution in [3.05, 3.63) is 99.8 Å². The molecule has 4 nitrogen and oxygen atoms in total. The zero-order chi connectivity index (χ0) is 20.5.